The summed E-state index contributed by atoms with van der Waals surface area (Å²) in [5.74, 6) is 0. The van der Waals surface area contributed by atoms with E-state index in [1.807, 2.05) is 0 Å². The fourth-order valence-electron chi connectivity index (χ4n) is 1.99. The zero-order chi connectivity index (χ0) is 17.3. The fraction of sp³-hybridized carbons (Fsp3) is 1.00. The largest absolute Gasteiger partial charge is 0.500 e. The van der Waals surface area contributed by atoms with Crippen LogP contribution in [-0.4, -0.2) is 94.7 Å². The second kappa shape index (κ2) is 10.8. The monoisotopic (exact) mass is 366 g/mol. The van der Waals surface area contributed by atoms with E-state index in [9.17, 15) is 0 Å². The first-order chi connectivity index (χ1) is 11.7. The predicted molar refractivity (Wildman–Crippen MR) is 87.1 cm³/mol. The van der Waals surface area contributed by atoms with Crippen LogP contribution in [0.5, 0.6) is 0 Å². The third kappa shape index (κ3) is 8.84. The van der Waals surface area contributed by atoms with Crippen LogP contribution in [0.15, 0.2) is 0 Å². The van der Waals surface area contributed by atoms with Gasteiger partial charge in [0, 0.05) is 34.0 Å². The van der Waals surface area contributed by atoms with Crippen molar-refractivity contribution in [3.05, 3.63) is 0 Å². The van der Waals surface area contributed by atoms with Gasteiger partial charge in [-0.25, -0.2) is 0 Å². The van der Waals surface area contributed by atoms with Crippen LogP contribution in [0.1, 0.15) is 6.42 Å². The zero-order valence-corrected chi connectivity index (χ0v) is 15.9. The minimum absolute atomic E-state index is 0.333. The van der Waals surface area contributed by atoms with Gasteiger partial charge in [0.05, 0.1) is 39.6 Å². The van der Waals surface area contributed by atoms with Crippen LogP contribution in [0.3, 0.4) is 0 Å². The molecule has 0 aliphatic carbocycles. The van der Waals surface area contributed by atoms with E-state index in [1.54, 1.807) is 21.3 Å². The number of epoxide rings is 3. The van der Waals surface area contributed by atoms with E-state index in [4.69, 9.17) is 37.0 Å². The predicted octanol–water partition coefficient (Wildman–Crippen LogP) is 0.471. The van der Waals surface area contributed by atoms with Crippen molar-refractivity contribution in [1.29, 1.82) is 0 Å². The SMILES string of the molecule is C(OCC1CO1)C1CO1.CO[Si](CCCOCC1CO1)(OC)OC. The number of hydrogen-bond acceptors (Lipinski definition) is 8. The van der Waals surface area contributed by atoms with Crippen LogP contribution in [0, 0.1) is 0 Å². The maximum Gasteiger partial charge on any atom is 0.500 e. The van der Waals surface area contributed by atoms with Crippen LogP contribution in [0.2, 0.25) is 6.04 Å². The lowest BCUT2D eigenvalue weighted by Gasteiger charge is -2.24. The lowest BCUT2D eigenvalue weighted by atomic mass is 10.5. The van der Waals surface area contributed by atoms with Crippen molar-refractivity contribution in [1.82, 2.24) is 0 Å². The first-order valence-corrected chi connectivity index (χ1v) is 10.3. The fourth-order valence-corrected chi connectivity index (χ4v) is 3.68. The molecule has 3 rings (SSSR count). The second-order valence-electron chi connectivity index (χ2n) is 5.88. The molecule has 0 spiro atoms. The molecule has 3 fully saturated rings. The molecule has 0 radical (unpaired) electrons. The molecule has 3 aliphatic heterocycles. The Morgan fingerprint density at radius 2 is 1.17 bits per heavy atom. The number of hydrogen-bond donors (Lipinski definition) is 0. The Morgan fingerprint density at radius 3 is 1.54 bits per heavy atom. The van der Waals surface area contributed by atoms with Crippen LogP contribution in [-0.2, 0) is 37.0 Å². The standard InChI is InChI=1S/C9H20O5Si.C6H10O3/c1-10-15(11-2,12-3)6-4-5-13-7-9-8-14-9;1(5-3-8-5)7-2-6-4-9-6/h9H,4-8H2,1-3H3;5-6H,1-4H2. The van der Waals surface area contributed by atoms with Crippen molar-refractivity contribution in [3.8, 4) is 0 Å². The molecule has 3 heterocycles. The molecule has 3 aliphatic rings. The first kappa shape index (κ1) is 20.2. The van der Waals surface area contributed by atoms with Gasteiger partial charge < -0.3 is 37.0 Å². The van der Waals surface area contributed by atoms with E-state index < -0.39 is 8.80 Å². The Labute approximate surface area is 144 Å². The van der Waals surface area contributed by atoms with Crippen LogP contribution >= 0.6 is 0 Å². The van der Waals surface area contributed by atoms with Gasteiger partial charge in [-0.05, 0) is 6.42 Å². The van der Waals surface area contributed by atoms with Gasteiger partial charge in [-0.1, -0.05) is 0 Å². The molecule has 8 nitrogen and oxygen atoms in total. The minimum Gasteiger partial charge on any atom is -0.379 e. The highest BCUT2D eigenvalue weighted by atomic mass is 28.4. The molecule has 0 saturated carbocycles. The lowest BCUT2D eigenvalue weighted by molar-refractivity contribution is 0.100. The summed E-state index contributed by atoms with van der Waals surface area (Å²) < 4.78 is 41.4. The average molecular weight is 366 g/mol. The minimum atomic E-state index is -2.39. The Morgan fingerprint density at radius 1 is 0.750 bits per heavy atom. The highest BCUT2D eigenvalue weighted by Crippen LogP contribution is 2.15. The summed E-state index contributed by atoms with van der Waals surface area (Å²) >= 11 is 0. The van der Waals surface area contributed by atoms with Crippen LogP contribution in [0.4, 0.5) is 0 Å². The summed E-state index contributed by atoms with van der Waals surface area (Å²) in [6, 6.07) is 0.780. The summed E-state index contributed by atoms with van der Waals surface area (Å²) in [5, 5.41) is 0. The van der Waals surface area contributed by atoms with Gasteiger partial charge in [-0.3, -0.25) is 0 Å². The zero-order valence-electron chi connectivity index (χ0n) is 14.9. The Kier molecular flexibility index (Phi) is 9.09. The van der Waals surface area contributed by atoms with Gasteiger partial charge >= 0.3 is 8.80 Å². The third-order valence-electron chi connectivity index (χ3n) is 3.82. The van der Waals surface area contributed by atoms with Crippen molar-refractivity contribution in [2.45, 2.75) is 30.8 Å². The van der Waals surface area contributed by atoms with Gasteiger partial charge in [0.25, 0.3) is 0 Å². The molecule has 0 N–H and O–H groups in total. The summed E-state index contributed by atoms with van der Waals surface area (Å²) in [4.78, 5) is 0. The van der Waals surface area contributed by atoms with E-state index in [1.165, 1.54) is 0 Å². The molecule has 0 amide bonds. The Balaban J connectivity index is 0.000000194. The summed E-state index contributed by atoms with van der Waals surface area (Å²) in [7, 11) is 2.48. The first-order valence-electron chi connectivity index (χ1n) is 8.37. The van der Waals surface area contributed by atoms with Gasteiger partial charge in [0.15, 0.2) is 0 Å². The third-order valence-corrected chi connectivity index (χ3v) is 6.65. The van der Waals surface area contributed by atoms with E-state index in [0.29, 0.717) is 31.5 Å². The van der Waals surface area contributed by atoms with E-state index >= 15 is 0 Å². The maximum atomic E-state index is 5.42. The molecule has 142 valence electrons. The molecule has 3 saturated heterocycles. The molecule has 0 aromatic carbocycles. The highest BCUT2D eigenvalue weighted by Gasteiger charge is 2.36. The van der Waals surface area contributed by atoms with E-state index in [0.717, 1.165) is 45.5 Å². The van der Waals surface area contributed by atoms with Gasteiger partial charge in [0.2, 0.25) is 0 Å². The average Bonchev–Trinajstić information content (AvgIpc) is 3.46. The molecular weight excluding hydrogens is 336 g/mol. The van der Waals surface area contributed by atoms with Crippen LogP contribution < -0.4 is 0 Å². The molecule has 0 aromatic rings. The number of ether oxygens (including phenoxy) is 5. The smallest absolute Gasteiger partial charge is 0.379 e. The molecule has 3 unspecified atom stereocenters. The van der Waals surface area contributed by atoms with Crippen molar-refractivity contribution >= 4 is 8.80 Å². The lowest BCUT2D eigenvalue weighted by Crippen LogP contribution is -2.42. The maximum absolute atomic E-state index is 5.42. The number of rotatable bonds is 13. The topological polar surface area (TPSA) is 83.7 Å². The Hall–Kier alpha value is -0.103. The summed E-state index contributed by atoms with van der Waals surface area (Å²) in [6.45, 7) is 5.50. The summed E-state index contributed by atoms with van der Waals surface area (Å²) in [5.41, 5.74) is 0. The normalized spacial score (nSPS) is 27.4. The summed E-state index contributed by atoms with van der Waals surface area (Å²) in [6.07, 6.45) is 2.00. The molecule has 0 aromatic heterocycles. The highest BCUT2D eigenvalue weighted by molar-refractivity contribution is 6.60. The second-order valence-corrected chi connectivity index (χ2v) is 8.97. The van der Waals surface area contributed by atoms with Gasteiger partial charge in [0.1, 0.15) is 18.3 Å². The van der Waals surface area contributed by atoms with E-state index in [2.05, 4.69) is 0 Å². The van der Waals surface area contributed by atoms with Crippen molar-refractivity contribution in [2.75, 3.05) is 67.6 Å². The van der Waals surface area contributed by atoms with Crippen molar-refractivity contribution in [3.63, 3.8) is 0 Å². The quantitative estimate of drug-likeness (QED) is 0.264. The Bertz CT molecular complexity index is 309. The molecular formula is C15H30O8Si. The molecule has 24 heavy (non-hydrogen) atoms. The molecule has 3 atom stereocenters. The van der Waals surface area contributed by atoms with Crippen molar-refractivity contribution < 1.29 is 37.0 Å². The molecule has 9 heteroatoms. The van der Waals surface area contributed by atoms with Gasteiger partial charge in [-0.2, -0.15) is 0 Å². The van der Waals surface area contributed by atoms with Crippen molar-refractivity contribution in [2.24, 2.45) is 0 Å². The van der Waals surface area contributed by atoms with Crippen LogP contribution in [0.25, 0.3) is 0 Å². The molecule has 0 bridgehead atoms. The van der Waals surface area contributed by atoms with E-state index in [-0.39, 0.29) is 0 Å². The van der Waals surface area contributed by atoms with Gasteiger partial charge in [-0.15, -0.1) is 0 Å².